The topological polar surface area (TPSA) is 256 Å². The second-order valence-electron chi connectivity index (χ2n) is 13.6. The lowest BCUT2D eigenvalue weighted by atomic mass is 9.97. The Bertz CT molecular complexity index is 1110. The van der Waals surface area contributed by atoms with Crippen molar-refractivity contribution in [2.24, 2.45) is 5.11 Å². The van der Waals surface area contributed by atoms with Crippen molar-refractivity contribution in [3.05, 3.63) is 22.3 Å². The molecule has 2 saturated heterocycles. The van der Waals surface area contributed by atoms with Gasteiger partial charge in [-0.15, -0.1) is 5.10 Å². The molecule has 300 valence electrons. The van der Waals surface area contributed by atoms with Crippen molar-refractivity contribution in [1.82, 2.24) is 15.0 Å². The van der Waals surface area contributed by atoms with E-state index in [4.69, 9.17) is 34.0 Å². The van der Waals surface area contributed by atoms with Crippen LogP contribution in [0.3, 0.4) is 0 Å². The monoisotopic (exact) mass is 746 g/mol. The highest BCUT2D eigenvalue weighted by Crippen LogP contribution is 2.29. The summed E-state index contributed by atoms with van der Waals surface area (Å²) in [5, 5.41) is 74.3. The van der Waals surface area contributed by atoms with E-state index in [0.29, 0.717) is 32.1 Å². The zero-order valence-electron chi connectivity index (χ0n) is 30.7. The molecule has 0 saturated carbocycles. The van der Waals surface area contributed by atoms with Gasteiger partial charge in [0.15, 0.2) is 12.6 Å². The van der Waals surface area contributed by atoms with E-state index < -0.39 is 61.4 Å². The Kier molecular flexibility index (Phi) is 21.4. The molecule has 2 fully saturated rings. The summed E-state index contributed by atoms with van der Waals surface area (Å²) in [6.07, 6.45) is -0.448. The number of hydrogen-bond acceptors (Lipinski definition) is 15. The first-order valence-corrected chi connectivity index (χ1v) is 18.9. The maximum absolute atomic E-state index is 10.7. The predicted octanol–water partition coefficient (Wildman–Crippen LogP) is 1.86. The highest BCUT2D eigenvalue weighted by atomic mass is 16.8. The summed E-state index contributed by atoms with van der Waals surface area (Å²) in [5.41, 5.74) is 9.11. The average molecular weight is 747 g/mol. The smallest absolute Gasteiger partial charge is 0.189 e. The molecule has 0 bridgehead atoms. The van der Waals surface area contributed by atoms with Gasteiger partial charge >= 0.3 is 0 Å². The third kappa shape index (κ3) is 15.0. The van der Waals surface area contributed by atoms with Crippen LogP contribution in [0.15, 0.2) is 11.3 Å². The minimum atomic E-state index is -1.78. The van der Waals surface area contributed by atoms with Gasteiger partial charge in [-0.3, -0.25) is 0 Å². The normalized spacial score (nSPS) is 29.4. The highest BCUT2D eigenvalue weighted by molar-refractivity contribution is 4.95. The largest absolute Gasteiger partial charge is 0.388 e. The lowest BCUT2D eigenvalue weighted by Gasteiger charge is -2.44. The van der Waals surface area contributed by atoms with Gasteiger partial charge in [0.2, 0.25) is 0 Å². The summed E-state index contributed by atoms with van der Waals surface area (Å²) >= 11 is 0. The van der Waals surface area contributed by atoms with Gasteiger partial charge in [0.1, 0.15) is 54.5 Å². The number of aromatic nitrogens is 3. The number of azide groups is 1. The summed E-state index contributed by atoms with van der Waals surface area (Å²) in [7, 11) is 0. The fourth-order valence-electron chi connectivity index (χ4n) is 6.03. The minimum Gasteiger partial charge on any atom is -0.388 e. The van der Waals surface area contributed by atoms with Crippen LogP contribution in [-0.2, 0) is 41.6 Å². The molecular formula is C34H62N6O12. The number of aliphatic hydroxyl groups excluding tert-OH is 6. The maximum atomic E-state index is 10.7. The summed E-state index contributed by atoms with van der Waals surface area (Å²) in [6, 6.07) is 0. The lowest BCUT2D eigenvalue weighted by Crippen LogP contribution is -2.63. The Morgan fingerprint density at radius 1 is 0.750 bits per heavy atom. The molecule has 5 unspecified atom stereocenters. The molecular weight excluding hydrogens is 684 g/mol. The van der Waals surface area contributed by atoms with E-state index in [1.54, 1.807) is 6.20 Å². The predicted molar refractivity (Wildman–Crippen MR) is 185 cm³/mol. The van der Waals surface area contributed by atoms with Crippen LogP contribution in [0, 0.1) is 0 Å². The van der Waals surface area contributed by atoms with Gasteiger partial charge < -0.3 is 59.1 Å². The Morgan fingerprint density at radius 2 is 1.27 bits per heavy atom. The van der Waals surface area contributed by atoms with Gasteiger partial charge in [-0.25, -0.2) is 4.68 Å². The molecule has 10 atom stereocenters. The van der Waals surface area contributed by atoms with Crippen molar-refractivity contribution in [3.8, 4) is 0 Å². The third-order valence-electron chi connectivity index (χ3n) is 9.24. The first-order chi connectivity index (χ1) is 25.2. The number of ether oxygens (including phenoxy) is 6. The summed E-state index contributed by atoms with van der Waals surface area (Å²) in [6.45, 7) is 6.10. The van der Waals surface area contributed by atoms with Gasteiger partial charge in [0, 0.05) is 18.1 Å². The van der Waals surface area contributed by atoms with Crippen LogP contribution >= 0.6 is 0 Å². The Morgan fingerprint density at radius 3 is 1.83 bits per heavy atom. The second kappa shape index (κ2) is 25.1. The number of aliphatic hydroxyl groups is 6. The first kappa shape index (κ1) is 44.4. The molecule has 2 aliphatic heterocycles. The third-order valence-corrected chi connectivity index (χ3v) is 9.24. The molecule has 0 radical (unpaired) electrons. The quantitative estimate of drug-likeness (QED) is 0.0325. The van der Waals surface area contributed by atoms with Crippen LogP contribution in [0.5, 0.6) is 0 Å². The van der Waals surface area contributed by atoms with Gasteiger partial charge in [0.05, 0.1) is 45.2 Å². The molecule has 6 N–H and O–H groups in total. The number of rotatable bonds is 27. The van der Waals surface area contributed by atoms with Crippen LogP contribution in [0.1, 0.15) is 96.6 Å². The molecule has 52 heavy (non-hydrogen) atoms. The molecule has 2 aliphatic rings. The van der Waals surface area contributed by atoms with Gasteiger partial charge in [-0.2, -0.15) is 0 Å². The van der Waals surface area contributed by atoms with Crippen molar-refractivity contribution in [1.29, 1.82) is 0 Å². The van der Waals surface area contributed by atoms with Crippen LogP contribution in [0.25, 0.3) is 10.4 Å². The zero-order chi connectivity index (χ0) is 37.7. The highest BCUT2D eigenvalue weighted by Gasteiger charge is 2.49. The maximum Gasteiger partial charge on any atom is 0.189 e. The van der Waals surface area contributed by atoms with Gasteiger partial charge in [-0.1, -0.05) is 88.4 Å². The van der Waals surface area contributed by atoms with Crippen molar-refractivity contribution in [2.45, 2.75) is 172 Å². The van der Waals surface area contributed by atoms with Crippen molar-refractivity contribution >= 4 is 0 Å². The lowest BCUT2D eigenvalue weighted by molar-refractivity contribution is -0.373. The van der Waals surface area contributed by atoms with E-state index in [9.17, 15) is 30.6 Å². The summed E-state index contributed by atoms with van der Waals surface area (Å²) in [5.74, 6) is 0. The molecule has 1 aromatic heterocycles. The fourth-order valence-corrected chi connectivity index (χ4v) is 6.03. The minimum absolute atomic E-state index is 0.112. The molecule has 0 aliphatic carbocycles. The van der Waals surface area contributed by atoms with E-state index >= 15 is 0 Å². The van der Waals surface area contributed by atoms with Crippen LogP contribution in [0.4, 0.5) is 0 Å². The molecule has 18 nitrogen and oxygen atoms in total. The standard InChI is InChI=1S/C34H62N6O12/c1-3-5-7-9-11-13-15-47-21-24(22-48-16-14-12-10-8-6-4-2)49-20-23-18-40(39-37-23)19-26-28(42)30(44)32(46)34(51-26)52-33-31(45)29(43)27(41)25(50-33)17-36-38-35/h18,24-34,41-46H,3-17,19-22H2,1-2H3/t25?,26?,27-,28-,29+,30?,31?,32?,33-,34-/m1/s1. The molecule has 3 rings (SSSR count). The molecule has 3 heterocycles. The van der Waals surface area contributed by atoms with Gasteiger partial charge in [-0.05, 0) is 18.4 Å². The second-order valence-corrected chi connectivity index (χ2v) is 13.6. The number of nitrogens with zero attached hydrogens (tertiary/aromatic N) is 6. The molecule has 0 aromatic carbocycles. The number of hydrogen-bond donors (Lipinski definition) is 6. The zero-order valence-corrected chi connectivity index (χ0v) is 30.7. The molecule has 1 aromatic rings. The molecule has 0 spiro atoms. The van der Waals surface area contributed by atoms with E-state index in [-0.39, 0.29) is 25.8 Å². The average Bonchev–Trinajstić information content (AvgIpc) is 3.60. The molecule has 18 heteroatoms. The van der Waals surface area contributed by atoms with Gasteiger partial charge in [0.25, 0.3) is 0 Å². The van der Waals surface area contributed by atoms with E-state index in [1.165, 1.54) is 56.0 Å². The Hall–Kier alpha value is -2.03. The summed E-state index contributed by atoms with van der Waals surface area (Å²) in [4.78, 5) is 2.60. The van der Waals surface area contributed by atoms with Crippen LogP contribution < -0.4 is 0 Å². The van der Waals surface area contributed by atoms with Crippen molar-refractivity contribution in [3.63, 3.8) is 0 Å². The first-order valence-electron chi connectivity index (χ1n) is 18.9. The van der Waals surface area contributed by atoms with E-state index in [1.807, 2.05) is 0 Å². The van der Waals surface area contributed by atoms with Crippen molar-refractivity contribution < 1.29 is 59.1 Å². The van der Waals surface area contributed by atoms with Crippen molar-refractivity contribution in [2.75, 3.05) is 33.0 Å². The Labute approximate surface area is 305 Å². The Balaban J connectivity index is 1.52. The van der Waals surface area contributed by atoms with Crippen LogP contribution in [0.2, 0.25) is 0 Å². The number of unbranched alkanes of at least 4 members (excludes halogenated alkanes) is 10. The summed E-state index contributed by atoms with van der Waals surface area (Å²) < 4.78 is 36.2. The van der Waals surface area contributed by atoms with E-state index in [0.717, 1.165) is 25.7 Å². The fraction of sp³-hybridized carbons (Fsp3) is 0.941. The van der Waals surface area contributed by atoms with Crippen LogP contribution in [-0.4, -0.2) is 146 Å². The molecule has 0 amide bonds. The van der Waals surface area contributed by atoms with E-state index in [2.05, 4.69) is 34.2 Å². The SMILES string of the molecule is CCCCCCCCOCC(COCCCCCCCC)OCc1cn(CC2O[C@H](O[C@H]3OC(CN=[N+]=[N-])[C@@H](O)[C@H](O)C3O)C(O)C(O)[C@@H]2O)nn1.